The van der Waals surface area contributed by atoms with Crippen LogP contribution < -0.4 is 10.2 Å². The lowest BCUT2D eigenvalue weighted by atomic mass is 10.2. The van der Waals surface area contributed by atoms with E-state index in [0.29, 0.717) is 38.4 Å². The lowest BCUT2D eigenvalue weighted by Crippen LogP contribution is -2.50. The number of benzene rings is 1. The van der Waals surface area contributed by atoms with E-state index in [2.05, 4.69) is 17.1 Å². The van der Waals surface area contributed by atoms with Gasteiger partial charge in [-0.05, 0) is 25.5 Å². The molecular weight excluding hydrogens is 300 g/mol. The highest BCUT2D eigenvalue weighted by molar-refractivity contribution is 5.78. The second kappa shape index (κ2) is 8.24. The molecule has 0 radical (unpaired) electrons. The Morgan fingerprint density at radius 3 is 2.35 bits per heavy atom. The van der Waals surface area contributed by atoms with Crippen LogP contribution in [0.25, 0.3) is 0 Å². The molecule has 1 saturated heterocycles. The predicted octanol–water partition coefficient (Wildman–Crippen LogP) is 2.39. The lowest BCUT2D eigenvalue weighted by molar-refractivity contribution is -0.122. The highest BCUT2D eigenvalue weighted by atomic mass is 19.1. The van der Waals surface area contributed by atoms with Gasteiger partial charge in [0.15, 0.2) is 0 Å². The Bertz CT molecular complexity index is 510. The third kappa shape index (κ3) is 5.46. The number of rotatable bonds is 6. The van der Waals surface area contributed by atoms with Crippen molar-refractivity contribution >= 4 is 11.6 Å². The van der Waals surface area contributed by atoms with Gasteiger partial charge >= 0.3 is 0 Å². The maximum Gasteiger partial charge on any atom is 0.234 e. The number of anilines is 1. The van der Waals surface area contributed by atoms with E-state index in [1.165, 1.54) is 12.1 Å². The highest BCUT2D eigenvalue weighted by Crippen LogP contribution is 2.19. The molecule has 23 heavy (non-hydrogen) atoms. The molecule has 128 valence electrons. The number of carbonyl (C=O) groups is 1. The lowest BCUT2D eigenvalue weighted by Gasteiger charge is -2.35. The summed E-state index contributed by atoms with van der Waals surface area (Å²) in [4.78, 5) is 16.0. The monoisotopic (exact) mass is 325 g/mol. The molecule has 0 saturated carbocycles. The van der Waals surface area contributed by atoms with E-state index >= 15 is 0 Å². The Labute approximate surface area is 136 Å². The SMILES string of the molecule is CCC[C@H](C)NC(=O)CN1CCN(c2cc(F)cc(F)c2)CC1. The van der Waals surface area contributed by atoms with Gasteiger partial charge in [0, 0.05) is 44.0 Å². The zero-order valence-corrected chi connectivity index (χ0v) is 13.8. The fourth-order valence-electron chi connectivity index (χ4n) is 2.91. The van der Waals surface area contributed by atoms with Crippen LogP contribution in [0.2, 0.25) is 0 Å². The van der Waals surface area contributed by atoms with E-state index in [1.54, 1.807) is 0 Å². The van der Waals surface area contributed by atoms with Crippen molar-refractivity contribution in [2.24, 2.45) is 0 Å². The third-order valence-electron chi connectivity index (χ3n) is 4.08. The van der Waals surface area contributed by atoms with Crippen molar-refractivity contribution < 1.29 is 13.6 Å². The van der Waals surface area contributed by atoms with E-state index in [1.807, 2.05) is 11.8 Å². The second-order valence-electron chi connectivity index (χ2n) is 6.15. The summed E-state index contributed by atoms with van der Waals surface area (Å²) in [5.74, 6) is -1.09. The molecule has 1 fully saturated rings. The number of halogens is 2. The van der Waals surface area contributed by atoms with Gasteiger partial charge < -0.3 is 10.2 Å². The molecule has 1 aliphatic rings. The summed E-state index contributed by atoms with van der Waals surface area (Å²) in [6, 6.07) is 3.76. The number of nitrogens with zero attached hydrogens (tertiary/aromatic N) is 2. The zero-order valence-electron chi connectivity index (χ0n) is 13.8. The minimum Gasteiger partial charge on any atom is -0.369 e. The molecule has 0 unspecified atom stereocenters. The molecule has 0 spiro atoms. The van der Waals surface area contributed by atoms with Crippen LogP contribution in [0.5, 0.6) is 0 Å². The molecule has 1 amide bonds. The summed E-state index contributed by atoms with van der Waals surface area (Å²) in [6.07, 6.45) is 2.02. The summed E-state index contributed by atoms with van der Waals surface area (Å²) in [5.41, 5.74) is 0.558. The molecule has 0 aliphatic carbocycles. The fraction of sp³-hybridized carbons (Fsp3) is 0.588. The minimum atomic E-state index is -0.563. The van der Waals surface area contributed by atoms with Crippen molar-refractivity contribution in [3.8, 4) is 0 Å². The molecule has 0 aromatic heterocycles. The van der Waals surface area contributed by atoms with Gasteiger partial charge in [-0.3, -0.25) is 9.69 Å². The van der Waals surface area contributed by atoms with Gasteiger partial charge in [0.1, 0.15) is 11.6 Å². The van der Waals surface area contributed by atoms with Crippen LogP contribution in [0.1, 0.15) is 26.7 Å². The maximum atomic E-state index is 13.3. The highest BCUT2D eigenvalue weighted by Gasteiger charge is 2.20. The summed E-state index contributed by atoms with van der Waals surface area (Å²) in [5, 5.41) is 2.99. The summed E-state index contributed by atoms with van der Waals surface area (Å²) in [7, 11) is 0. The first-order valence-electron chi connectivity index (χ1n) is 8.20. The van der Waals surface area contributed by atoms with Gasteiger partial charge in [-0.1, -0.05) is 13.3 Å². The molecule has 1 aliphatic heterocycles. The normalized spacial score (nSPS) is 17.1. The van der Waals surface area contributed by atoms with Crippen LogP contribution in [0.4, 0.5) is 14.5 Å². The van der Waals surface area contributed by atoms with Crippen molar-refractivity contribution in [2.45, 2.75) is 32.7 Å². The van der Waals surface area contributed by atoms with Crippen LogP contribution in [0, 0.1) is 11.6 Å². The number of hydrogen-bond donors (Lipinski definition) is 1. The van der Waals surface area contributed by atoms with E-state index < -0.39 is 11.6 Å². The van der Waals surface area contributed by atoms with Crippen LogP contribution in [0.15, 0.2) is 18.2 Å². The molecular formula is C17H25F2N3O. The largest absolute Gasteiger partial charge is 0.369 e. The molecule has 1 N–H and O–H groups in total. The molecule has 1 aromatic rings. The third-order valence-corrected chi connectivity index (χ3v) is 4.08. The number of nitrogens with one attached hydrogen (secondary N) is 1. The quantitative estimate of drug-likeness (QED) is 0.872. The van der Waals surface area contributed by atoms with E-state index in [4.69, 9.17) is 0 Å². The molecule has 1 heterocycles. The predicted molar refractivity (Wildman–Crippen MR) is 87.5 cm³/mol. The van der Waals surface area contributed by atoms with E-state index in [9.17, 15) is 13.6 Å². The Kier molecular flexibility index (Phi) is 6.33. The summed E-state index contributed by atoms with van der Waals surface area (Å²) >= 11 is 0. The van der Waals surface area contributed by atoms with Gasteiger partial charge in [-0.15, -0.1) is 0 Å². The minimum absolute atomic E-state index is 0.0381. The van der Waals surface area contributed by atoms with Crippen molar-refractivity contribution in [1.82, 2.24) is 10.2 Å². The molecule has 6 heteroatoms. The molecule has 2 rings (SSSR count). The van der Waals surface area contributed by atoms with Crippen LogP contribution in [-0.2, 0) is 4.79 Å². The van der Waals surface area contributed by atoms with Crippen molar-refractivity contribution in [3.05, 3.63) is 29.8 Å². The molecule has 0 bridgehead atoms. The Hall–Kier alpha value is -1.69. The van der Waals surface area contributed by atoms with Crippen molar-refractivity contribution in [1.29, 1.82) is 0 Å². The first-order chi connectivity index (χ1) is 11.0. The maximum absolute atomic E-state index is 13.3. The Morgan fingerprint density at radius 1 is 1.17 bits per heavy atom. The van der Waals surface area contributed by atoms with Crippen molar-refractivity contribution in [3.63, 3.8) is 0 Å². The van der Waals surface area contributed by atoms with E-state index in [0.717, 1.165) is 18.9 Å². The number of hydrogen-bond acceptors (Lipinski definition) is 3. The average molecular weight is 325 g/mol. The average Bonchev–Trinajstić information content (AvgIpc) is 2.47. The number of piperazine rings is 1. The van der Waals surface area contributed by atoms with Crippen LogP contribution in [0.3, 0.4) is 0 Å². The van der Waals surface area contributed by atoms with Crippen LogP contribution in [-0.4, -0.2) is 49.6 Å². The number of carbonyl (C=O) groups excluding carboxylic acids is 1. The number of amides is 1. The summed E-state index contributed by atoms with van der Waals surface area (Å²) < 4.78 is 26.6. The molecule has 4 nitrogen and oxygen atoms in total. The zero-order chi connectivity index (χ0) is 16.8. The Balaban J connectivity index is 1.80. The van der Waals surface area contributed by atoms with Gasteiger partial charge in [-0.25, -0.2) is 8.78 Å². The standard InChI is InChI=1S/C17H25F2N3O/c1-3-4-13(2)20-17(23)12-21-5-7-22(8-6-21)16-10-14(18)9-15(19)11-16/h9-11,13H,3-8,12H2,1-2H3,(H,20,23)/t13-/m0/s1. The smallest absolute Gasteiger partial charge is 0.234 e. The summed E-state index contributed by atoms with van der Waals surface area (Å²) in [6.45, 7) is 7.19. The fourth-order valence-corrected chi connectivity index (χ4v) is 2.91. The first kappa shape index (κ1) is 17.7. The van der Waals surface area contributed by atoms with Gasteiger partial charge in [0.05, 0.1) is 6.54 Å². The van der Waals surface area contributed by atoms with Gasteiger partial charge in [0.25, 0.3) is 0 Å². The molecule has 1 aromatic carbocycles. The van der Waals surface area contributed by atoms with E-state index in [-0.39, 0.29) is 11.9 Å². The van der Waals surface area contributed by atoms with Gasteiger partial charge in [-0.2, -0.15) is 0 Å². The van der Waals surface area contributed by atoms with Crippen molar-refractivity contribution in [2.75, 3.05) is 37.6 Å². The second-order valence-corrected chi connectivity index (χ2v) is 6.15. The molecule has 1 atom stereocenters. The first-order valence-corrected chi connectivity index (χ1v) is 8.20. The Morgan fingerprint density at radius 2 is 1.78 bits per heavy atom. The topological polar surface area (TPSA) is 35.6 Å². The van der Waals surface area contributed by atoms with Gasteiger partial charge in [0.2, 0.25) is 5.91 Å². The van der Waals surface area contributed by atoms with Crippen LogP contribution >= 0.6 is 0 Å².